The Bertz CT molecular complexity index is 900. The first-order valence-electron chi connectivity index (χ1n) is 13.6. The van der Waals surface area contributed by atoms with Gasteiger partial charge in [-0.15, -0.1) is 0 Å². The third-order valence-electron chi connectivity index (χ3n) is 7.35. The van der Waals surface area contributed by atoms with Crippen molar-refractivity contribution >= 4 is 34.0 Å². The number of unbranched alkanes of at least 4 members (excludes halogenated alkanes) is 3. The molecule has 3 unspecified atom stereocenters. The summed E-state index contributed by atoms with van der Waals surface area (Å²) in [7, 11) is -3.33. The van der Waals surface area contributed by atoms with Gasteiger partial charge in [0.05, 0.1) is 66.0 Å². The van der Waals surface area contributed by atoms with E-state index in [1.807, 2.05) is 6.92 Å². The molecule has 0 bridgehead atoms. The number of methoxy groups -OCH3 is 1. The van der Waals surface area contributed by atoms with E-state index in [1.165, 1.54) is 7.11 Å². The average molecular weight is 585 g/mol. The summed E-state index contributed by atoms with van der Waals surface area (Å²) in [5, 5.41) is -1.34. The van der Waals surface area contributed by atoms with Crippen molar-refractivity contribution in [3.63, 3.8) is 0 Å². The van der Waals surface area contributed by atoms with Gasteiger partial charge < -0.3 is 23.5 Å². The zero-order valence-electron chi connectivity index (χ0n) is 23.4. The standard InChI is InChI=1S/C26H42O11S.Na/c1-3-4-5-12-36-25(29)20-15-21(17-22(16-20)38(31,32)33)26(30)37-14-7-6-13-35-24(28)19-10-8-18(9-11-19)23(27)34-2;/h18-22H,3-17H2,1-2H3,(H,31,32,33);/q;+1/p-1. The Morgan fingerprint density at radius 3 is 1.44 bits per heavy atom. The van der Waals surface area contributed by atoms with Crippen LogP contribution >= 0.6 is 0 Å². The maximum atomic E-state index is 12.6. The van der Waals surface area contributed by atoms with Crippen LogP contribution in [0.3, 0.4) is 0 Å². The largest absolute Gasteiger partial charge is 1.00 e. The maximum Gasteiger partial charge on any atom is 1.00 e. The molecule has 2 saturated carbocycles. The summed E-state index contributed by atoms with van der Waals surface area (Å²) in [6, 6.07) is 0. The molecule has 3 atom stereocenters. The first-order valence-corrected chi connectivity index (χ1v) is 15.1. The Morgan fingerprint density at radius 1 is 0.667 bits per heavy atom. The van der Waals surface area contributed by atoms with Crippen molar-refractivity contribution < 1.29 is 80.7 Å². The molecule has 2 aliphatic carbocycles. The first kappa shape index (κ1) is 35.8. The minimum absolute atomic E-state index is 0. The maximum absolute atomic E-state index is 12.6. The summed E-state index contributed by atoms with van der Waals surface area (Å²) < 4.78 is 55.6. The Balaban J connectivity index is 0.00000760. The molecule has 39 heavy (non-hydrogen) atoms. The van der Waals surface area contributed by atoms with Crippen LogP contribution in [0.15, 0.2) is 0 Å². The van der Waals surface area contributed by atoms with E-state index in [-0.39, 0.29) is 92.4 Å². The van der Waals surface area contributed by atoms with Gasteiger partial charge in [0.25, 0.3) is 0 Å². The molecule has 13 heteroatoms. The first-order chi connectivity index (χ1) is 18.1. The molecule has 0 aromatic rings. The van der Waals surface area contributed by atoms with Gasteiger partial charge in [-0.05, 0) is 64.2 Å². The number of hydrogen-bond donors (Lipinski definition) is 0. The van der Waals surface area contributed by atoms with Gasteiger partial charge in [-0.25, -0.2) is 8.42 Å². The number of carbonyl (C=O) groups excluding carboxylic acids is 4. The van der Waals surface area contributed by atoms with E-state index in [9.17, 15) is 32.1 Å². The molecule has 2 rings (SSSR count). The molecule has 0 aromatic carbocycles. The van der Waals surface area contributed by atoms with Gasteiger partial charge in [0.1, 0.15) is 0 Å². The predicted octanol–water partition coefficient (Wildman–Crippen LogP) is -0.100. The van der Waals surface area contributed by atoms with E-state index >= 15 is 0 Å². The summed E-state index contributed by atoms with van der Waals surface area (Å²) in [5.41, 5.74) is 0. The van der Waals surface area contributed by atoms with Gasteiger partial charge in [0.15, 0.2) is 0 Å². The van der Waals surface area contributed by atoms with E-state index in [0.29, 0.717) is 44.9 Å². The molecule has 0 N–H and O–H groups in total. The van der Waals surface area contributed by atoms with E-state index in [2.05, 4.69) is 0 Å². The van der Waals surface area contributed by atoms with Gasteiger partial charge >= 0.3 is 53.4 Å². The Kier molecular flexibility index (Phi) is 16.8. The number of hydrogen-bond acceptors (Lipinski definition) is 11. The molecule has 218 valence electrons. The van der Waals surface area contributed by atoms with E-state index in [1.54, 1.807) is 0 Å². The molecule has 11 nitrogen and oxygen atoms in total. The van der Waals surface area contributed by atoms with Crippen LogP contribution in [0.1, 0.15) is 84.0 Å². The van der Waals surface area contributed by atoms with Crippen molar-refractivity contribution in [2.75, 3.05) is 26.9 Å². The SMILES string of the molecule is CCCCCOC(=O)C1CC(C(=O)OCCCCOC(=O)C2CCC(C(=O)OC)CC2)CC(S(=O)(=O)[O-])C1.[Na+]. The summed E-state index contributed by atoms with van der Waals surface area (Å²) in [6.07, 6.45) is 5.50. The number of esters is 4. The van der Waals surface area contributed by atoms with Gasteiger partial charge in [0.2, 0.25) is 0 Å². The average Bonchev–Trinajstić information content (AvgIpc) is 2.91. The zero-order valence-corrected chi connectivity index (χ0v) is 26.2. The van der Waals surface area contributed by atoms with E-state index in [0.717, 1.165) is 12.8 Å². The van der Waals surface area contributed by atoms with Gasteiger partial charge in [-0.1, -0.05) is 19.8 Å². The van der Waals surface area contributed by atoms with Crippen LogP contribution in [0.5, 0.6) is 0 Å². The topological polar surface area (TPSA) is 162 Å². The monoisotopic (exact) mass is 584 g/mol. The second-order valence-corrected chi connectivity index (χ2v) is 11.9. The van der Waals surface area contributed by atoms with Crippen molar-refractivity contribution in [2.24, 2.45) is 23.7 Å². The number of rotatable bonds is 14. The van der Waals surface area contributed by atoms with Crippen LogP contribution in [0.4, 0.5) is 0 Å². The van der Waals surface area contributed by atoms with Crippen molar-refractivity contribution in [2.45, 2.75) is 89.2 Å². The predicted molar refractivity (Wildman–Crippen MR) is 133 cm³/mol. The van der Waals surface area contributed by atoms with Crippen molar-refractivity contribution in [1.29, 1.82) is 0 Å². The normalized spacial score (nSPS) is 25.1. The zero-order chi connectivity index (χ0) is 28.1. The molecular formula is C26H41NaO11S. The van der Waals surface area contributed by atoms with Crippen molar-refractivity contribution in [1.82, 2.24) is 0 Å². The summed E-state index contributed by atoms with van der Waals surface area (Å²) in [5.74, 6) is -3.93. The molecule has 0 aromatic heterocycles. The van der Waals surface area contributed by atoms with Gasteiger partial charge in [-0.3, -0.25) is 19.2 Å². The third kappa shape index (κ3) is 12.5. The molecule has 0 aliphatic heterocycles. The molecular weight excluding hydrogens is 543 g/mol. The van der Waals surface area contributed by atoms with Gasteiger partial charge in [-0.2, -0.15) is 0 Å². The van der Waals surface area contributed by atoms with Crippen molar-refractivity contribution in [3.05, 3.63) is 0 Å². The Labute approximate surface area is 253 Å². The number of ether oxygens (including phenoxy) is 4. The fraction of sp³-hybridized carbons (Fsp3) is 0.846. The van der Waals surface area contributed by atoms with Crippen LogP contribution in [-0.4, -0.2) is 69.0 Å². The van der Waals surface area contributed by atoms with Crippen molar-refractivity contribution in [3.8, 4) is 0 Å². The Morgan fingerprint density at radius 2 is 1.05 bits per heavy atom. The second-order valence-electron chi connectivity index (χ2n) is 10.2. The minimum atomic E-state index is -4.68. The summed E-state index contributed by atoms with van der Waals surface area (Å²) in [6.45, 7) is 2.43. The van der Waals surface area contributed by atoms with Crippen LogP contribution < -0.4 is 29.6 Å². The van der Waals surface area contributed by atoms with Crippen LogP contribution in [0, 0.1) is 23.7 Å². The number of carbonyl (C=O) groups is 4. The van der Waals surface area contributed by atoms with E-state index < -0.39 is 39.1 Å². The summed E-state index contributed by atoms with van der Waals surface area (Å²) in [4.78, 5) is 48.9. The molecule has 2 fully saturated rings. The fourth-order valence-electron chi connectivity index (χ4n) is 5.05. The second kappa shape index (κ2) is 18.3. The van der Waals surface area contributed by atoms with Crippen LogP contribution in [-0.2, 0) is 48.2 Å². The smallest absolute Gasteiger partial charge is 0.748 e. The summed E-state index contributed by atoms with van der Waals surface area (Å²) >= 11 is 0. The minimum Gasteiger partial charge on any atom is -0.748 e. The molecule has 2 aliphatic rings. The molecule has 0 radical (unpaired) electrons. The fourth-order valence-corrected chi connectivity index (χ4v) is 5.98. The molecule has 0 saturated heterocycles. The molecule has 0 amide bonds. The third-order valence-corrected chi connectivity index (χ3v) is 8.55. The van der Waals surface area contributed by atoms with Gasteiger partial charge in [0, 0.05) is 0 Å². The molecule has 0 spiro atoms. The molecule has 0 heterocycles. The quantitative estimate of drug-likeness (QED) is 0.0881. The van der Waals surface area contributed by atoms with Crippen LogP contribution in [0.25, 0.3) is 0 Å². The van der Waals surface area contributed by atoms with Crippen LogP contribution in [0.2, 0.25) is 0 Å². The Hall–Kier alpha value is -1.21. The van der Waals surface area contributed by atoms with E-state index in [4.69, 9.17) is 18.9 Å².